The Morgan fingerprint density at radius 2 is 1.66 bits per heavy atom. The third kappa shape index (κ3) is 3.65. The molecule has 1 aromatic heterocycles. The quantitative estimate of drug-likeness (QED) is 0.544. The van der Waals surface area contributed by atoms with E-state index in [-0.39, 0.29) is 0 Å². The number of rotatable bonds is 3. The average molecular weight is 381 g/mol. The normalized spacial score (nSPS) is 14.4. The molecule has 3 aromatic carbocycles. The van der Waals surface area contributed by atoms with Gasteiger partial charge >= 0.3 is 0 Å². The molecule has 5 nitrogen and oxygen atoms in total. The number of anilines is 4. The monoisotopic (exact) mass is 381 g/mol. The van der Waals surface area contributed by atoms with Gasteiger partial charge in [-0.2, -0.15) is 0 Å². The van der Waals surface area contributed by atoms with Gasteiger partial charge in [-0.15, -0.1) is 0 Å². The van der Waals surface area contributed by atoms with Gasteiger partial charge in [0.2, 0.25) is 5.95 Å². The Bertz CT molecular complexity index is 1140. The number of nitrogens with zero attached hydrogens (tertiary/aromatic N) is 4. The summed E-state index contributed by atoms with van der Waals surface area (Å²) in [7, 11) is 2.17. The minimum Gasteiger partial charge on any atom is -0.340 e. The van der Waals surface area contributed by atoms with Gasteiger partial charge in [0.1, 0.15) is 0 Å². The van der Waals surface area contributed by atoms with E-state index in [4.69, 9.17) is 0 Å². The molecule has 4 aromatic rings. The second-order valence-corrected chi connectivity index (χ2v) is 7.46. The molecule has 5 heteroatoms. The molecule has 1 aliphatic rings. The van der Waals surface area contributed by atoms with Crippen LogP contribution in [0.2, 0.25) is 0 Å². The van der Waals surface area contributed by atoms with E-state index < -0.39 is 0 Å². The van der Waals surface area contributed by atoms with Gasteiger partial charge in [-0.25, -0.2) is 9.97 Å². The minimum atomic E-state index is 0.612. The highest BCUT2D eigenvalue weighted by Crippen LogP contribution is 2.34. The molecule has 0 saturated heterocycles. The maximum atomic E-state index is 4.27. The largest absolute Gasteiger partial charge is 0.340 e. The van der Waals surface area contributed by atoms with Crippen molar-refractivity contribution < 1.29 is 0 Å². The number of hydrogen-bond acceptors (Lipinski definition) is 5. The molecule has 0 atom stereocenters. The summed E-state index contributed by atoms with van der Waals surface area (Å²) < 4.78 is 0. The van der Waals surface area contributed by atoms with Crippen molar-refractivity contribution in [2.75, 3.05) is 30.4 Å². The molecule has 0 amide bonds. The molecule has 0 bridgehead atoms. The van der Waals surface area contributed by atoms with Crippen LogP contribution in [0.4, 0.5) is 23.0 Å². The van der Waals surface area contributed by atoms with E-state index in [1.54, 1.807) is 12.4 Å². The maximum Gasteiger partial charge on any atom is 0.227 e. The van der Waals surface area contributed by atoms with Gasteiger partial charge in [-0.1, -0.05) is 30.3 Å². The molecule has 2 heterocycles. The number of likely N-dealkylation sites (N-methyl/N-ethyl adjacent to an activating group) is 1. The zero-order valence-electron chi connectivity index (χ0n) is 16.4. The Morgan fingerprint density at radius 1 is 0.828 bits per heavy atom. The SMILES string of the molecule is CN1CCN(c2ccc3ccccc3c2)c2ccc(Nc3ncccn3)cc2C1. The molecule has 144 valence electrons. The van der Waals surface area contributed by atoms with Crippen molar-refractivity contribution in [2.24, 2.45) is 0 Å². The Morgan fingerprint density at radius 3 is 2.52 bits per heavy atom. The highest BCUT2D eigenvalue weighted by atomic mass is 15.2. The molecule has 5 rings (SSSR count). The fraction of sp³-hybridized carbons (Fsp3) is 0.167. The van der Waals surface area contributed by atoms with Crippen molar-refractivity contribution >= 4 is 33.8 Å². The van der Waals surface area contributed by atoms with Crippen molar-refractivity contribution in [3.8, 4) is 0 Å². The first kappa shape index (κ1) is 17.6. The lowest BCUT2D eigenvalue weighted by molar-refractivity contribution is 0.343. The predicted octanol–water partition coefficient (Wildman–Crippen LogP) is 4.96. The number of aromatic nitrogens is 2. The first-order chi connectivity index (χ1) is 14.3. The first-order valence-corrected chi connectivity index (χ1v) is 9.88. The van der Waals surface area contributed by atoms with E-state index in [0.717, 1.165) is 25.3 Å². The standard InChI is InChI=1S/C24H23N5/c1-28-13-14-29(22-9-7-18-5-2-3-6-19(18)16-22)23-10-8-21(15-20(23)17-28)27-24-25-11-4-12-26-24/h2-12,15-16H,13-14,17H2,1H3,(H,25,26,27). The van der Waals surface area contributed by atoms with Crippen molar-refractivity contribution in [3.05, 3.63) is 84.7 Å². The van der Waals surface area contributed by atoms with Gasteiger partial charge in [-0.3, -0.25) is 0 Å². The Balaban J connectivity index is 1.53. The molecule has 0 spiro atoms. The Hall–Kier alpha value is -3.44. The molecule has 0 aliphatic carbocycles. The van der Waals surface area contributed by atoms with Crippen molar-refractivity contribution in [1.29, 1.82) is 0 Å². The Kier molecular flexibility index (Phi) is 4.58. The Labute approximate surface area is 170 Å². The maximum absolute atomic E-state index is 4.27. The van der Waals surface area contributed by atoms with Gasteiger partial charge in [0, 0.05) is 49.1 Å². The molecular weight excluding hydrogens is 358 g/mol. The van der Waals surface area contributed by atoms with Crippen LogP contribution in [-0.4, -0.2) is 35.0 Å². The number of benzene rings is 3. The van der Waals surface area contributed by atoms with Gasteiger partial charge in [0.05, 0.1) is 0 Å². The highest BCUT2D eigenvalue weighted by molar-refractivity contribution is 5.87. The fourth-order valence-corrected chi connectivity index (χ4v) is 3.92. The van der Waals surface area contributed by atoms with Crippen LogP contribution in [0, 0.1) is 0 Å². The van der Waals surface area contributed by atoms with Crippen molar-refractivity contribution in [1.82, 2.24) is 14.9 Å². The third-order valence-electron chi connectivity index (χ3n) is 5.38. The fourth-order valence-electron chi connectivity index (χ4n) is 3.92. The van der Waals surface area contributed by atoms with Crippen LogP contribution in [0.3, 0.4) is 0 Å². The highest BCUT2D eigenvalue weighted by Gasteiger charge is 2.20. The van der Waals surface area contributed by atoms with E-state index in [9.17, 15) is 0 Å². The van der Waals surface area contributed by atoms with Gasteiger partial charge < -0.3 is 15.1 Å². The topological polar surface area (TPSA) is 44.3 Å². The van der Waals surface area contributed by atoms with Crippen molar-refractivity contribution in [2.45, 2.75) is 6.54 Å². The van der Waals surface area contributed by atoms with Crippen LogP contribution in [0.15, 0.2) is 79.1 Å². The van der Waals surface area contributed by atoms with Gasteiger partial charge in [0.25, 0.3) is 0 Å². The first-order valence-electron chi connectivity index (χ1n) is 9.88. The number of fused-ring (bicyclic) bond motifs is 2. The molecule has 0 radical (unpaired) electrons. The van der Waals surface area contributed by atoms with Crippen LogP contribution in [0.1, 0.15) is 5.56 Å². The summed E-state index contributed by atoms with van der Waals surface area (Å²) in [6.07, 6.45) is 3.49. The van der Waals surface area contributed by atoms with Gasteiger partial charge in [-0.05, 0) is 59.8 Å². The van der Waals surface area contributed by atoms with E-state index in [1.165, 1.54) is 27.7 Å². The van der Waals surface area contributed by atoms with Crippen LogP contribution in [0.5, 0.6) is 0 Å². The van der Waals surface area contributed by atoms with Crippen LogP contribution in [-0.2, 0) is 6.54 Å². The average Bonchev–Trinajstić information content (AvgIpc) is 2.92. The van der Waals surface area contributed by atoms with E-state index in [1.807, 2.05) is 6.07 Å². The summed E-state index contributed by atoms with van der Waals surface area (Å²) in [6.45, 7) is 2.87. The molecule has 0 fully saturated rings. The molecule has 0 saturated carbocycles. The number of nitrogens with one attached hydrogen (secondary N) is 1. The summed E-state index contributed by atoms with van der Waals surface area (Å²) in [4.78, 5) is 13.3. The predicted molar refractivity (Wildman–Crippen MR) is 119 cm³/mol. The molecule has 0 unspecified atom stereocenters. The smallest absolute Gasteiger partial charge is 0.227 e. The van der Waals surface area contributed by atoms with E-state index >= 15 is 0 Å². The summed E-state index contributed by atoms with van der Waals surface area (Å²) in [6, 6.07) is 23.6. The van der Waals surface area contributed by atoms with Crippen LogP contribution in [0.25, 0.3) is 10.8 Å². The van der Waals surface area contributed by atoms with E-state index in [0.29, 0.717) is 5.95 Å². The van der Waals surface area contributed by atoms with E-state index in [2.05, 4.69) is 92.8 Å². The van der Waals surface area contributed by atoms with Crippen LogP contribution < -0.4 is 10.2 Å². The summed E-state index contributed by atoms with van der Waals surface area (Å²) in [5.41, 5.74) is 4.78. The zero-order chi connectivity index (χ0) is 19.6. The molecular formula is C24H23N5. The second kappa shape index (κ2) is 7.53. The third-order valence-corrected chi connectivity index (χ3v) is 5.38. The molecule has 1 aliphatic heterocycles. The van der Waals surface area contributed by atoms with Gasteiger partial charge in [0.15, 0.2) is 0 Å². The lowest BCUT2D eigenvalue weighted by Crippen LogP contribution is -2.26. The lowest BCUT2D eigenvalue weighted by Gasteiger charge is -2.25. The van der Waals surface area contributed by atoms with Crippen LogP contribution >= 0.6 is 0 Å². The summed E-state index contributed by atoms with van der Waals surface area (Å²) >= 11 is 0. The lowest BCUT2D eigenvalue weighted by atomic mass is 10.1. The van der Waals surface area contributed by atoms with Crippen molar-refractivity contribution in [3.63, 3.8) is 0 Å². The minimum absolute atomic E-state index is 0.612. The zero-order valence-corrected chi connectivity index (χ0v) is 16.4. The number of hydrogen-bond donors (Lipinski definition) is 1. The summed E-state index contributed by atoms with van der Waals surface area (Å²) in [5, 5.41) is 5.85. The second-order valence-electron chi connectivity index (χ2n) is 7.46. The summed E-state index contributed by atoms with van der Waals surface area (Å²) in [5.74, 6) is 0.612. The molecule has 29 heavy (non-hydrogen) atoms. The molecule has 1 N–H and O–H groups in total.